The van der Waals surface area contributed by atoms with Crippen molar-refractivity contribution in [1.82, 2.24) is 4.90 Å². The molecule has 4 nitrogen and oxygen atoms in total. The number of anilines is 1. The van der Waals surface area contributed by atoms with Crippen molar-refractivity contribution >= 4 is 40.8 Å². The summed E-state index contributed by atoms with van der Waals surface area (Å²) in [5.41, 5.74) is 0.452. The molecule has 0 unspecified atom stereocenters. The molecule has 1 aromatic carbocycles. The van der Waals surface area contributed by atoms with Crippen LogP contribution in [0.2, 0.25) is 10.0 Å². The zero-order valence-electron chi connectivity index (χ0n) is 9.04. The van der Waals surface area contributed by atoms with Crippen LogP contribution < -0.4 is 5.32 Å². The molecule has 0 saturated heterocycles. The molecule has 3 amide bonds. The molecule has 0 aliphatic rings. The van der Waals surface area contributed by atoms with Crippen molar-refractivity contribution in [2.45, 2.75) is 0 Å². The molecule has 0 aliphatic heterocycles. The predicted molar refractivity (Wildman–Crippen MR) is 68.4 cm³/mol. The average Bonchev–Trinajstić information content (AvgIpc) is 2.31. The summed E-state index contributed by atoms with van der Waals surface area (Å²) in [5.74, 6) is -0.498. The Bertz CT molecular complexity index is 475. The van der Waals surface area contributed by atoms with Crippen LogP contribution in [-0.2, 0) is 4.79 Å². The molecule has 0 spiro atoms. The normalized spacial score (nSPS) is 9.59. The van der Waals surface area contributed by atoms with E-state index in [1.807, 2.05) is 0 Å². The number of likely N-dealkylation sites (N-methyl/N-ethyl adjacent to an activating group) is 1. The number of benzene rings is 1. The van der Waals surface area contributed by atoms with E-state index in [1.54, 1.807) is 12.1 Å². The number of urea groups is 1. The van der Waals surface area contributed by atoms with Crippen LogP contribution in [0.1, 0.15) is 0 Å². The number of hydrogen-bond donors (Lipinski definition) is 1. The molecule has 90 valence electrons. The molecule has 1 N–H and O–H groups in total. The van der Waals surface area contributed by atoms with Gasteiger partial charge < -0.3 is 5.32 Å². The van der Waals surface area contributed by atoms with Gasteiger partial charge in [0, 0.05) is 12.7 Å². The molecule has 17 heavy (non-hydrogen) atoms. The average molecular weight is 273 g/mol. The van der Waals surface area contributed by atoms with Crippen LogP contribution in [0.4, 0.5) is 10.5 Å². The van der Waals surface area contributed by atoms with Crippen LogP contribution in [0, 0.1) is 0 Å². The molecule has 0 radical (unpaired) electrons. The first-order valence-corrected chi connectivity index (χ1v) is 5.37. The van der Waals surface area contributed by atoms with Gasteiger partial charge in [-0.15, -0.1) is 0 Å². The zero-order valence-corrected chi connectivity index (χ0v) is 10.5. The minimum Gasteiger partial charge on any atom is -0.307 e. The van der Waals surface area contributed by atoms with E-state index in [9.17, 15) is 9.59 Å². The molecule has 0 bridgehead atoms. The fourth-order valence-electron chi connectivity index (χ4n) is 1.02. The minimum atomic E-state index is -0.576. The van der Waals surface area contributed by atoms with Crippen molar-refractivity contribution in [1.29, 1.82) is 0 Å². The Balaban J connectivity index is 2.77. The smallest absolute Gasteiger partial charge is 0.307 e. The summed E-state index contributed by atoms with van der Waals surface area (Å²) in [7, 11) is 1.34. The second-order valence-corrected chi connectivity index (χ2v) is 3.97. The molecule has 0 heterocycles. The lowest BCUT2D eigenvalue weighted by molar-refractivity contribution is -0.122. The van der Waals surface area contributed by atoms with Gasteiger partial charge in [-0.1, -0.05) is 29.8 Å². The Kier molecular flexibility index (Phi) is 4.54. The first kappa shape index (κ1) is 13.5. The first-order valence-electron chi connectivity index (χ1n) is 4.62. The van der Waals surface area contributed by atoms with Crippen LogP contribution >= 0.6 is 23.2 Å². The van der Waals surface area contributed by atoms with Gasteiger partial charge >= 0.3 is 6.03 Å². The number of halogens is 2. The number of hydrogen-bond acceptors (Lipinski definition) is 2. The standard InChI is InChI=1S/C11H10Cl2N2O2/c1-3-10(16)15(2)11(17)14-7-4-5-8(12)9(13)6-7/h3-6H,1H2,2H3,(H,14,17). The summed E-state index contributed by atoms with van der Waals surface area (Å²) in [6.07, 6.45) is 1.05. The number of carbonyl (C=O) groups excluding carboxylic acids is 2. The van der Waals surface area contributed by atoms with E-state index in [0.717, 1.165) is 11.0 Å². The third-order valence-electron chi connectivity index (χ3n) is 1.98. The fraction of sp³-hybridized carbons (Fsp3) is 0.0909. The Labute approximate surface area is 109 Å². The summed E-state index contributed by atoms with van der Waals surface area (Å²) in [6.45, 7) is 3.29. The summed E-state index contributed by atoms with van der Waals surface area (Å²) >= 11 is 11.5. The lowest BCUT2D eigenvalue weighted by Gasteiger charge is -2.14. The highest BCUT2D eigenvalue weighted by atomic mass is 35.5. The van der Waals surface area contributed by atoms with E-state index < -0.39 is 11.9 Å². The van der Waals surface area contributed by atoms with Gasteiger partial charge in [-0.2, -0.15) is 0 Å². The summed E-state index contributed by atoms with van der Waals surface area (Å²) in [4.78, 5) is 23.6. The van der Waals surface area contributed by atoms with Gasteiger partial charge in [-0.25, -0.2) is 4.79 Å². The van der Waals surface area contributed by atoms with Crippen molar-refractivity contribution in [3.63, 3.8) is 0 Å². The monoisotopic (exact) mass is 272 g/mol. The van der Waals surface area contributed by atoms with Gasteiger partial charge in [0.2, 0.25) is 0 Å². The Morgan fingerprint density at radius 2 is 2.00 bits per heavy atom. The quantitative estimate of drug-likeness (QED) is 0.841. The van der Waals surface area contributed by atoms with Gasteiger partial charge in [0.15, 0.2) is 0 Å². The van der Waals surface area contributed by atoms with Crippen LogP contribution in [0.3, 0.4) is 0 Å². The Morgan fingerprint density at radius 3 is 2.53 bits per heavy atom. The number of nitrogens with one attached hydrogen (secondary N) is 1. The van der Waals surface area contributed by atoms with E-state index in [1.165, 1.54) is 13.1 Å². The number of rotatable bonds is 2. The maximum absolute atomic E-state index is 11.6. The molecule has 0 fully saturated rings. The van der Waals surface area contributed by atoms with Gasteiger partial charge in [0.05, 0.1) is 10.0 Å². The maximum atomic E-state index is 11.6. The molecular formula is C11H10Cl2N2O2. The maximum Gasteiger partial charge on any atom is 0.328 e. The minimum absolute atomic E-state index is 0.321. The van der Waals surface area contributed by atoms with Gasteiger partial charge in [0.25, 0.3) is 5.91 Å². The molecule has 1 rings (SSSR count). The fourth-order valence-corrected chi connectivity index (χ4v) is 1.32. The van der Waals surface area contributed by atoms with Gasteiger partial charge in [0.1, 0.15) is 0 Å². The summed E-state index contributed by atoms with van der Waals surface area (Å²) in [5, 5.41) is 3.21. The van der Waals surface area contributed by atoms with Gasteiger partial charge in [-0.3, -0.25) is 9.69 Å². The Morgan fingerprint density at radius 1 is 1.35 bits per heavy atom. The van der Waals surface area contributed by atoms with E-state index in [4.69, 9.17) is 23.2 Å². The highest BCUT2D eigenvalue weighted by Gasteiger charge is 2.14. The topological polar surface area (TPSA) is 49.4 Å². The number of imide groups is 1. The SMILES string of the molecule is C=CC(=O)N(C)C(=O)Nc1ccc(Cl)c(Cl)c1. The van der Waals surface area contributed by atoms with E-state index in [-0.39, 0.29) is 0 Å². The third-order valence-corrected chi connectivity index (χ3v) is 2.72. The molecule has 0 aliphatic carbocycles. The van der Waals surface area contributed by atoms with Crippen molar-refractivity contribution in [3.8, 4) is 0 Å². The zero-order chi connectivity index (χ0) is 13.0. The number of nitrogens with zero attached hydrogens (tertiary/aromatic N) is 1. The molecule has 1 aromatic rings. The number of amides is 3. The first-order chi connectivity index (χ1) is 7.95. The van der Waals surface area contributed by atoms with Crippen LogP contribution in [0.15, 0.2) is 30.9 Å². The molecule has 6 heteroatoms. The highest BCUT2D eigenvalue weighted by molar-refractivity contribution is 6.42. The Hall–Kier alpha value is -1.52. The van der Waals surface area contributed by atoms with Crippen molar-refractivity contribution in [3.05, 3.63) is 40.9 Å². The lowest BCUT2D eigenvalue weighted by atomic mass is 10.3. The molecule has 0 atom stereocenters. The van der Waals surface area contributed by atoms with E-state index in [2.05, 4.69) is 11.9 Å². The van der Waals surface area contributed by atoms with Crippen molar-refractivity contribution in [2.75, 3.05) is 12.4 Å². The molecule has 0 aromatic heterocycles. The number of carbonyl (C=O) groups is 2. The molecule has 0 saturated carbocycles. The van der Waals surface area contributed by atoms with Crippen molar-refractivity contribution in [2.24, 2.45) is 0 Å². The lowest BCUT2D eigenvalue weighted by Crippen LogP contribution is -2.35. The van der Waals surface area contributed by atoms with Crippen LogP contribution in [0.25, 0.3) is 0 Å². The summed E-state index contributed by atoms with van der Waals surface area (Å²) in [6, 6.07) is 4.05. The van der Waals surface area contributed by atoms with E-state index in [0.29, 0.717) is 15.7 Å². The summed E-state index contributed by atoms with van der Waals surface area (Å²) < 4.78 is 0. The third kappa shape index (κ3) is 3.47. The second-order valence-electron chi connectivity index (χ2n) is 3.16. The molecular weight excluding hydrogens is 263 g/mol. The second kappa shape index (κ2) is 5.70. The largest absolute Gasteiger partial charge is 0.328 e. The predicted octanol–water partition coefficient (Wildman–Crippen LogP) is 3.17. The highest BCUT2D eigenvalue weighted by Crippen LogP contribution is 2.25. The van der Waals surface area contributed by atoms with Crippen LogP contribution in [0.5, 0.6) is 0 Å². The van der Waals surface area contributed by atoms with Crippen molar-refractivity contribution < 1.29 is 9.59 Å². The van der Waals surface area contributed by atoms with E-state index >= 15 is 0 Å². The van der Waals surface area contributed by atoms with Gasteiger partial charge in [-0.05, 0) is 24.3 Å². The van der Waals surface area contributed by atoms with Crippen LogP contribution in [-0.4, -0.2) is 23.9 Å².